The van der Waals surface area contributed by atoms with Crippen LogP contribution in [-0.2, 0) is 4.79 Å². The highest BCUT2D eigenvalue weighted by Gasteiger charge is 2.28. The molecule has 102 valence electrons. The molecule has 17 heavy (non-hydrogen) atoms. The van der Waals surface area contributed by atoms with E-state index in [1.54, 1.807) is 0 Å². The Morgan fingerprint density at radius 3 is 2.35 bits per heavy atom. The molecule has 0 rings (SSSR count). The first-order valence-electron chi connectivity index (χ1n) is 6.26. The van der Waals surface area contributed by atoms with Gasteiger partial charge in [-0.3, -0.25) is 4.79 Å². The minimum absolute atomic E-state index is 0.126. The highest BCUT2D eigenvalue weighted by molar-refractivity contribution is 5.76. The van der Waals surface area contributed by atoms with E-state index >= 15 is 0 Å². The summed E-state index contributed by atoms with van der Waals surface area (Å²) >= 11 is 0. The molecule has 0 bridgehead atoms. The number of aliphatic hydroxyl groups excluding tert-OH is 2. The summed E-state index contributed by atoms with van der Waals surface area (Å²) in [6.45, 7) is 4.03. The molecule has 0 saturated heterocycles. The summed E-state index contributed by atoms with van der Waals surface area (Å²) in [5, 5.41) is 21.1. The predicted molar refractivity (Wildman–Crippen MR) is 67.4 cm³/mol. The van der Waals surface area contributed by atoms with E-state index in [2.05, 4.69) is 12.2 Å². The lowest BCUT2D eigenvalue weighted by Crippen LogP contribution is -2.53. The molecule has 0 aliphatic carbocycles. The van der Waals surface area contributed by atoms with E-state index in [1.807, 2.05) is 6.92 Å². The van der Waals surface area contributed by atoms with Crippen molar-refractivity contribution in [2.75, 3.05) is 19.8 Å². The number of hydrogen-bond donors (Lipinski definition) is 4. The Kier molecular flexibility index (Phi) is 8.12. The number of nitrogens with two attached hydrogens (primary N) is 1. The molecule has 0 aromatic carbocycles. The zero-order valence-electron chi connectivity index (χ0n) is 10.9. The monoisotopic (exact) mass is 246 g/mol. The van der Waals surface area contributed by atoms with Crippen LogP contribution in [-0.4, -0.2) is 41.4 Å². The zero-order valence-corrected chi connectivity index (χ0v) is 10.9. The third-order valence-corrected chi connectivity index (χ3v) is 3.21. The van der Waals surface area contributed by atoms with Crippen molar-refractivity contribution in [3.63, 3.8) is 0 Å². The maximum Gasteiger partial charge on any atom is 0.220 e. The predicted octanol–water partition coefficient (Wildman–Crippen LogP) is 0.00110. The maximum atomic E-state index is 11.7. The normalized spacial score (nSPS) is 13.5. The molecule has 0 aromatic rings. The Labute approximate surface area is 103 Å². The first-order valence-corrected chi connectivity index (χ1v) is 6.26. The second-order valence-electron chi connectivity index (χ2n) is 4.72. The van der Waals surface area contributed by atoms with Crippen molar-refractivity contribution in [1.82, 2.24) is 5.32 Å². The lowest BCUT2D eigenvalue weighted by Gasteiger charge is -2.29. The molecule has 0 saturated carbocycles. The fraction of sp³-hybridized carbons (Fsp3) is 0.917. The zero-order chi connectivity index (χ0) is 13.3. The number of amides is 1. The Bertz CT molecular complexity index is 210. The molecule has 0 aliphatic rings. The molecule has 1 amide bonds. The van der Waals surface area contributed by atoms with Gasteiger partial charge >= 0.3 is 0 Å². The molecule has 5 heteroatoms. The first-order chi connectivity index (χ1) is 8.03. The number of aliphatic hydroxyl groups is 2. The Morgan fingerprint density at radius 2 is 1.94 bits per heavy atom. The van der Waals surface area contributed by atoms with Crippen molar-refractivity contribution in [3.8, 4) is 0 Å². The van der Waals surface area contributed by atoms with Gasteiger partial charge in [-0.15, -0.1) is 0 Å². The molecule has 0 radical (unpaired) electrons. The van der Waals surface area contributed by atoms with Crippen molar-refractivity contribution < 1.29 is 15.0 Å². The fourth-order valence-electron chi connectivity index (χ4n) is 1.61. The van der Waals surface area contributed by atoms with E-state index < -0.39 is 5.54 Å². The third kappa shape index (κ3) is 6.00. The molecule has 0 spiro atoms. The molecular formula is C12H26N2O3. The van der Waals surface area contributed by atoms with Gasteiger partial charge in [-0.25, -0.2) is 0 Å². The van der Waals surface area contributed by atoms with Crippen molar-refractivity contribution >= 4 is 5.91 Å². The van der Waals surface area contributed by atoms with Crippen molar-refractivity contribution in [2.45, 2.75) is 45.1 Å². The van der Waals surface area contributed by atoms with Gasteiger partial charge < -0.3 is 21.3 Å². The average Bonchev–Trinajstić information content (AvgIpc) is 2.34. The fourth-order valence-corrected chi connectivity index (χ4v) is 1.61. The average molecular weight is 246 g/mol. The largest absolute Gasteiger partial charge is 0.394 e. The summed E-state index contributed by atoms with van der Waals surface area (Å²) in [6.07, 6.45) is 2.60. The van der Waals surface area contributed by atoms with Crippen LogP contribution in [0.25, 0.3) is 0 Å². The highest BCUT2D eigenvalue weighted by Crippen LogP contribution is 2.12. The van der Waals surface area contributed by atoms with Gasteiger partial charge in [0.05, 0.1) is 18.8 Å². The molecule has 1 unspecified atom stereocenters. The van der Waals surface area contributed by atoms with Crippen LogP contribution in [0, 0.1) is 5.92 Å². The highest BCUT2D eigenvalue weighted by atomic mass is 16.3. The summed E-state index contributed by atoms with van der Waals surface area (Å²) < 4.78 is 0. The number of rotatable bonds is 9. The minimum atomic E-state index is -0.881. The molecule has 5 nitrogen and oxygen atoms in total. The van der Waals surface area contributed by atoms with Gasteiger partial charge in [-0.1, -0.05) is 13.8 Å². The third-order valence-electron chi connectivity index (χ3n) is 3.21. The minimum Gasteiger partial charge on any atom is -0.394 e. The SMILES string of the molecule is CCC(CO)(CO)NC(=O)CCC(C)CCN. The quantitative estimate of drug-likeness (QED) is 0.460. The van der Waals surface area contributed by atoms with Gasteiger partial charge in [-0.2, -0.15) is 0 Å². The lowest BCUT2D eigenvalue weighted by atomic mass is 9.97. The van der Waals surface area contributed by atoms with Crippen LogP contribution in [0.4, 0.5) is 0 Å². The van der Waals surface area contributed by atoms with E-state index in [-0.39, 0.29) is 19.1 Å². The van der Waals surface area contributed by atoms with Crippen molar-refractivity contribution in [2.24, 2.45) is 11.7 Å². The second kappa shape index (κ2) is 8.44. The van der Waals surface area contributed by atoms with Gasteiger partial charge in [0.15, 0.2) is 0 Å². The summed E-state index contributed by atoms with van der Waals surface area (Å²) in [4.78, 5) is 11.7. The van der Waals surface area contributed by atoms with E-state index in [9.17, 15) is 15.0 Å². The Morgan fingerprint density at radius 1 is 1.35 bits per heavy atom. The van der Waals surface area contributed by atoms with Gasteiger partial charge in [-0.05, 0) is 31.7 Å². The van der Waals surface area contributed by atoms with E-state index in [0.29, 0.717) is 25.3 Å². The number of carbonyl (C=O) groups is 1. The van der Waals surface area contributed by atoms with Crippen molar-refractivity contribution in [3.05, 3.63) is 0 Å². The van der Waals surface area contributed by atoms with Gasteiger partial charge in [0, 0.05) is 6.42 Å². The molecular weight excluding hydrogens is 220 g/mol. The van der Waals surface area contributed by atoms with Crippen LogP contribution in [0.3, 0.4) is 0 Å². The number of nitrogens with one attached hydrogen (secondary N) is 1. The second-order valence-corrected chi connectivity index (χ2v) is 4.72. The summed E-state index contributed by atoms with van der Waals surface area (Å²) in [7, 11) is 0. The van der Waals surface area contributed by atoms with E-state index in [0.717, 1.165) is 12.8 Å². The lowest BCUT2D eigenvalue weighted by molar-refractivity contribution is -0.124. The van der Waals surface area contributed by atoms with Crippen molar-refractivity contribution in [1.29, 1.82) is 0 Å². The van der Waals surface area contributed by atoms with Crippen LogP contribution in [0.5, 0.6) is 0 Å². The molecule has 0 fully saturated rings. The molecule has 0 aromatic heterocycles. The Hall–Kier alpha value is -0.650. The van der Waals surface area contributed by atoms with Crippen LogP contribution in [0.15, 0.2) is 0 Å². The van der Waals surface area contributed by atoms with E-state index in [4.69, 9.17) is 5.73 Å². The number of carbonyl (C=O) groups excluding carboxylic acids is 1. The molecule has 0 aliphatic heterocycles. The molecule has 5 N–H and O–H groups in total. The smallest absolute Gasteiger partial charge is 0.220 e. The Balaban J connectivity index is 4.07. The van der Waals surface area contributed by atoms with Crippen LogP contribution in [0.2, 0.25) is 0 Å². The summed E-state index contributed by atoms with van der Waals surface area (Å²) in [6, 6.07) is 0. The summed E-state index contributed by atoms with van der Waals surface area (Å²) in [5.74, 6) is 0.295. The van der Waals surface area contributed by atoms with Gasteiger partial charge in [0.25, 0.3) is 0 Å². The van der Waals surface area contributed by atoms with Crippen LogP contribution >= 0.6 is 0 Å². The molecule has 1 atom stereocenters. The topological polar surface area (TPSA) is 95.6 Å². The van der Waals surface area contributed by atoms with Gasteiger partial charge in [0.2, 0.25) is 5.91 Å². The first kappa shape index (κ1) is 16.4. The summed E-state index contributed by atoms with van der Waals surface area (Å²) in [5.41, 5.74) is 4.55. The van der Waals surface area contributed by atoms with E-state index in [1.165, 1.54) is 0 Å². The standard InChI is InChI=1S/C12H26N2O3/c1-3-12(8-15,9-16)14-11(17)5-4-10(2)6-7-13/h10,15-16H,3-9,13H2,1-2H3,(H,14,17). The van der Waals surface area contributed by atoms with Gasteiger partial charge in [0.1, 0.15) is 0 Å². The maximum absolute atomic E-state index is 11.7. The molecule has 0 heterocycles. The van der Waals surface area contributed by atoms with Crippen LogP contribution < -0.4 is 11.1 Å². The number of hydrogen-bond acceptors (Lipinski definition) is 4. The van der Waals surface area contributed by atoms with Crippen LogP contribution in [0.1, 0.15) is 39.5 Å².